The Morgan fingerprint density at radius 2 is 1.69 bits per heavy atom. The topological polar surface area (TPSA) is 68.9 Å². The van der Waals surface area contributed by atoms with E-state index in [2.05, 4.69) is 9.73 Å². The number of nitrogens with zero attached hydrogens (tertiary/aromatic N) is 1. The minimum atomic E-state index is -0.373. The normalized spacial score (nSPS) is 11.1. The van der Waals surface area contributed by atoms with Crippen molar-refractivity contribution in [3.8, 4) is 11.1 Å². The highest BCUT2D eigenvalue weighted by Gasteiger charge is 2.07. The van der Waals surface area contributed by atoms with Crippen LogP contribution in [0.3, 0.4) is 0 Å². The number of hydrogen-bond acceptors (Lipinski definition) is 5. The lowest BCUT2D eigenvalue weighted by Gasteiger charge is -2.03. The summed E-state index contributed by atoms with van der Waals surface area (Å²) in [5, 5.41) is 0.875. The molecule has 142 valence electrons. The fraction of sp³-hybridized carbons (Fsp3) is 0.0417. The highest BCUT2D eigenvalue weighted by atomic mass is 16.5. The number of esters is 1. The SMILES string of the molecule is COC(=O)c1ccc(C=Nc2ccc(-c3cc4ccccc4oc3=O)cc2)cc1. The zero-order valence-corrected chi connectivity index (χ0v) is 15.7. The van der Waals surface area contributed by atoms with Gasteiger partial charge in [-0.3, -0.25) is 4.99 Å². The Labute approximate surface area is 166 Å². The molecule has 5 heteroatoms. The van der Waals surface area contributed by atoms with Gasteiger partial charge in [0.1, 0.15) is 5.58 Å². The van der Waals surface area contributed by atoms with Gasteiger partial charge in [-0.2, -0.15) is 0 Å². The Bertz CT molecular complexity index is 1250. The van der Waals surface area contributed by atoms with Crippen molar-refractivity contribution >= 4 is 28.8 Å². The molecular weight excluding hydrogens is 366 g/mol. The third-order valence-corrected chi connectivity index (χ3v) is 4.51. The molecule has 0 saturated heterocycles. The first-order valence-electron chi connectivity index (χ1n) is 9.00. The van der Waals surface area contributed by atoms with E-state index in [1.54, 1.807) is 36.5 Å². The molecule has 5 nitrogen and oxygen atoms in total. The molecule has 1 aromatic heterocycles. The van der Waals surface area contributed by atoms with Crippen LogP contribution in [0.5, 0.6) is 0 Å². The van der Waals surface area contributed by atoms with E-state index in [0.29, 0.717) is 16.7 Å². The first kappa shape index (κ1) is 18.4. The summed E-state index contributed by atoms with van der Waals surface area (Å²) in [6.45, 7) is 0. The number of rotatable bonds is 4. The summed E-state index contributed by atoms with van der Waals surface area (Å²) in [6, 6.07) is 23.6. The molecular formula is C24H17NO4. The molecule has 0 spiro atoms. The fourth-order valence-corrected chi connectivity index (χ4v) is 2.96. The zero-order chi connectivity index (χ0) is 20.2. The van der Waals surface area contributed by atoms with E-state index >= 15 is 0 Å². The van der Waals surface area contributed by atoms with Crippen molar-refractivity contribution < 1.29 is 13.9 Å². The molecule has 0 N–H and O–H groups in total. The van der Waals surface area contributed by atoms with E-state index in [0.717, 1.165) is 22.2 Å². The van der Waals surface area contributed by atoms with Crippen molar-refractivity contribution in [3.63, 3.8) is 0 Å². The van der Waals surface area contributed by atoms with Crippen molar-refractivity contribution in [1.29, 1.82) is 0 Å². The summed E-state index contributed by atoms with van der Waals surface area (Å²) in [7, 11) is 1.35. The molecule has 0 aliphatic rings. The van der Waals surface area contributed by atoms with Gasteiger partial charge in [0.15, 0.2) is 0 Å². The third-order valence-electron chi connectivity index (χ3n) is 4.51. The van der Waals surface area contributed by atoms with Crippen LogP contribution >= 0.6 is 0 Å². The first-order chi connectivity index (χ1) is 14.1. The van der Waals surface area contributed by atoms with Crippen LogP contribution in [0, 0.1) is 0 Å². The van der Waals surface area contributed by atoms with Gasteiger partial charge in [-0.1, -0.05) is 42.5 Å². The van der Waals surface area contributed by atoms with Crippen molar-refractivity contribution in [2.45, 2.75) is 0 Å². The molecule has 29 heavy (non-hydrogen) atoms. The van der Waals surface area contributed by atoms with Crippen LogP contribution in [0.25, 0.3) is 22.1 Å². The minimum absolute atomic E-state index is 0.370. The second kappa shape index (κ2) is 7.94. The van der Waals surface area contributed by atoms with Gasteiger partial charge >= 0.3 is 11.6 Å². The minimum Gasteiger partial charge on any atom is -0.465 e. The van der Waals surface area contributed by atoms with Crippen LogP contribution in [0.15, 0.2) is 93.1 Å². The molecule has 0 aliphatic carbocycles. The van der Waals surface area contributed by atoms with Gasteiger partial charge in [0.2, 0.25) is 0 Å². The van der Waals surface area contributed by atoms with Crippen molar-refractivity contribution in [2.24, 2.45) is 4.99 Å². The number of hydrogen-bond donors (Lipinski definition) is 0. The van der Waals surface area contributed by atoms with Gasteiger partial charge in [0.25, 0.3) is 0 Å². The average molecular weight is 383 g/mol. The molecule has 0 fully saturated rings. The van der Waals surface area contributed by atoms with Crippen LogP contribution < -0.4 is 5.63 Å². The summed E-state index contributed by atoms with van der Waals surface area (Å²) in [5.74, 6) is -0.373. The number of methoxy groups -OCH3 is 1. The van der Waals surface area contributed by atoms with Gasteiger partial charge in [-0.25, -0.2) is 9.59 Å². The molecule has 0 atom stereocenters. The standard InChI is InChI=1S/C24H17NO4/c1-28-23(26)18-8-6-16(7-9-18)15-25-20-12-10-17(11-13-20)21-14-19-4-2-3-5-22(19)29-24(21)27/h2-15H,1H3. The molecule has 0 radical (unpaired) electrons. The van der Waals surface area contributed by atoms with Crippen molar-refractivity contribution in [3.05, 3.63) is 100 Å². The molecule has 3 aromatic carbocycles. The van der Waals surface area contributed by atoms with E-state index in [4.69, 9.17) is 4.42 Å². The van der Waals surface area contributed by atoms with Gasteiger partial charge in [0, 0.05) is 11.6 Å². The monoisotopic (exact) mass is 383 g/mol. The van der Waals surface area contributed by atoms with Gasteiger partial charge in [-0.15, -0.1) is 0 Å². The predicted molar refractivity (Wildman–Crippen MR) is 113 cm³/mol. The van der Waals surface area contributed by atoms with Crippen LogP contribution in [-0.4, -0.2) is 19.3 Å². The molecule has 0 unspecified atom stereocenters. The van der Waals surface area contributed by atoms with E-state index in [1.165, 1.54) is 7.11 Å². The van der Waals surface area contributed by atoms with E-state index in [9.17, 15) is 9.59 Å². The Balaban J connectivity index is 1.55. The van der Waals surface area contributed by atoms with E-state index in [-0.39, 0.29) is 11.6 Å². The summed E-state index contributed by atoms with van der Waals surface area (Å²) < 4.78 is 10.1. The van der Waals surface area contributed by atoms with Gasteiger partial charge in [0.05, 0.1) is 23.9 Å². The van der Waals surface area contributed by atoms with Crippen molar-refractivity contribution in [2.75, 3.05) is 7.11 Å². The highest BCUT2D eigenvalue weighted by molar-refractivity contribution is 5.91. The molecule has 4 aromatic rings. The largest absolute Gasteiger partial charge is 0.465 e. The molecule has 0 bridgehead atoms. The maximum absolute atomic E-state index is 12.3. The number of carbonyl (C=O) groups is 1. The summed E-state index contributed by atoms with van der Waals surface area (Å²) in [5.41, 5.74) is 3.57. The lowest BCUT2D eigenvalue weighted by atomic mass is 10.1. The van der Waals surface area contributed by atoms with Crippen molar-refractivity contribution in [1.82, 2.24) is 0 Å². The van der Waals surface area contributed by atoms with Crippen LogP contribution in [0.2, 0.25) is 0 Å². The maximum Gasteiger partial charge on any atom is 0.344 e. The Hall–Kier alpha value is -3.99. The number of ether oxygens (including phenoxy) is 1. The summed E-state index contributed by atoms with van der Waals surface area (Å²) >= 11 is 0. The Kier molecular flexibility index (Phi) is 5.03. The Morgan fingerprint density at radius 1 is 0.966 bits per heavy atom. The number of fused-ring (bicyclic) bond motifs is 1. The maximum atomic E-state index is 12.3. The van der Waals surface area contributed by atoms with Crippen LogP contribution in [0.1, 0.15) is 15.9 Å². The molecule has 0 aliphatic heterocycles. The first-order valence-corrected chi connectivity index (χ1v) is 9.00. The smallest absolute Gasteiger partial charge is 0.344 e. The molecule has 0 saturated carbocycles. The van der Waals surface area contributed by atoms with Crippen LogP contribution in [0.4, 0.5) is 5.69 Å². The zero-order valence-electron chi connectivity index (χ0n) is 15.7. The van der Waals surface area contributed by atoms with E-state index < -0.39 is 0 Å². The fourth-order valence-electron chi connectivity index (χ4n) is 2.96. The third kappa shape index (κ3) is 3.99. The molecule has 4 rings (SSSR count). The average Bonchev–Trinajstić information content (AvgIpc) is 2.77. The van der Waals surface area contributed by atoms with Gasteiger partial charge < -0.3 is 9.15 Å². The number of para-hydroxylation sites is 1. The summed E-state index contributed by atoms with van der Waals surface area (Å²) in [6.07, 6.45) is 1.71. The molecule has 1 heterocycles. The Morgan fingerprint density at radius 3 is 2.41 bits per heavy atom. The molecule has 0 amide bonds. The number of benzene rings is 3. The van der Waals surface area contributed by atoms with E-state index in [1.807, 2.05) is 48.5 Å². The predicted octanol–water partition coefficient (Wildman–Crippen LogP) is 5.00. The highest BCUT2D eigenvalue weighted by Crippen LogP contribution is 2.23. The van der Waals surface area contributed by atoms with Crippen LogP contribution in [-0.2, 0) is 4.74 Å². The quantitative estimate of drug-likeness (QED) is 0.283. The lowest BCUT2D eigenvalue weighted by Crippen LogP contribution is -2.02. The lowest BCUT2D eigenvalue weighted by molar-refractivity contribution is 0.0600. The second-order valence-corrected chi connectivity index (χ2v) is 6.40. The number of aliphatic imine (C=N–C) groups is 1. The van der Waals surface area contributed by atoms with Gasteiger partial charge in [-0.05, 0) is 47.5 Å². The second-order valence-electron chi connectivity index (χ2n) is 6.40. The summed E-state index contributed by atoms with van der Waals surface area (Å²) in [4.78, 5) is 28.2. The number of carbonyl (C=O) groups excluding carboxylic acids is 1.